The van der Waals surface area contributed by atoms with Crippen LogP contribution in [0.3, 0.4) is 0 Å². The SMILES string of the molecule is CCOC(=O)N1CCC(n2cncc2-c2ccccc2)CC1. The quantitative estimate of drug-likeness (QED) is 0.873. The standard InChI is InChI=1S/C17H21N3O2/c1-2-22-17(21)19-10-8-15(9-11-19)20-13-18-12-16(20)14-6-4-3-5-7-14/h3-7,12-13,15H,2,8-11H2,1H3. The summed E-state index contributed by atoms with van der Waals surface area (Å²) < 4.78 is 7.30. The van der Waals surface area contributed by atoms with E-state index in [9.17, 15) is 4.79 Å². The van der Waals surface area contributed by atoms with E-state index in [4.69, 9.17) is 4.74 Å². The van der Waals surface area contributed by atoms with Gasteiger partial charge >= 0.3 is 6.09 Å². The maximum absolute atomic E-state index is 11.8. The zero-order chi connectivity index (χ0) is 15.4. The van der Waals surface area contributed by atoms with E-state index in [1.54, 1.807) is 4.90 Å². The largest absolute Gasteiger partial charge is 0.450 e. The Kier molecular flexibility index (Phi) is 4.42. The molecule has 0 saturated carbocycles. The van der Waals surface area contributed by atoms with Gasteiger partial charge in [-0.05, 0) is 25.3 Å². The van der Waals surface area contributed by atoms with Crippen molar-refractivity contribution in [3.05, 3.63) is 42.9 Å². The molecule has 5 heteroatoms. The summed E-state index contributed by atoms with van der Waals surface area (Å²) in [5, 5.41) is 0. The first-order valence-corrected chi connectivity index (χ1v) is 7.78. The lowest BCUT2D eigenvalue weighted by Gasteiger charge is -2.32. The molecule has 0 unspecified atom stereocenters. The molecule has 1 amide bonds. The third-order valence-corrected chi connectivity index (χ3v) is 4.12. The maximum atomic E-state index is 11.8. The summed E-state index contributed by atoms with van der Waals surface area (Å²) in [6.07, 6.45) is 5.46. The highest BCUT2D eigenvalue weighted by atomic mass is 16.6. The molecule has 0 N–H and O–H groups in total. The van der Waals surface area contributed by atoms with Gasteiger partial charge in [-0.15, -0.1) is 0 Å². The average molecular weight is 299 g/mol. The van der Waals surface area contributed by atoms with Gasteiger partial charge in [0.25, 0.3) is 0 Å². The Morgan fingerprint density at radius 1 is 1.27 bits per heavy atom. The van der Waals surface area contributed by atoms with Gasteiger partial charge in [-0.1, -0.05) is 30.3 Å². The molecule has 0 atom stereocenters. The number of piperidine rings is 1. The molecule has 1 fully saturated rings. The summed E-state index contributed by atoms with van der Waals surface area (Å²) in [4.78, 5) is 17.9. The summed E-state index contributed by atoms with van der Waals surface area (Å²) in [6.45, 7) is 3.73. The number of amides is 1. The van der Waals surface area contributed by atoms with Crippen LogP contribution >= 0.6 is 0 Å². The van der Waals surface area contributed by atoms with Crippen molar-refractivity contribution in [1.82, 2.24) is 14.5 Å². The molecule has 0 spiro atoms. The second-order valence-corrected chi connectivity index (χ2v) is 5.47. The van der Waals surface area contributed by atoms with Crippen LogP contribution in [-0.4, -0.2) is 40.2 Å². The number of nitrogens with zero attached hydrogens (tertiary/aromatic N) is 3. The van der Waals surface area contributed by atoms with Crippen LogP contribution in [-0.2, 0) is 4.74 Å². The summed E-state index contributed by atoms with van der Waals surface area (Å²) in [6, 6.07) is 10.7. The smallest absolute Gasteiger partial charge is 0.409 e. The summed E-state index contributed by atoms with van der Waals surface area (Å²) in [7, 11) is 0. The molecule has 0 aliphatic carbocycles. The van der Waals surface area contributed by atoms with Crippen LogP contribution < -0.4 is 0 Å². The van der Waals surface area contributed by atoms with Gasteiger partial charge in [-0.3, -0.25) is 0 Å². The molecule has 1 saturated heterocycles. The Hall–Kier alpha value is -2.30. The van der Waals surface area contributed by atoms with Crippen LogP contribution in [0.1, 0.15) is 25.8 Å². The number of aromatic nitrogens is 2. The monoisotopic (exact) mass is 299 g/mol. The summed E-state index contributed by atoms with van der Waals surface area (Å²) in [5.74, 6) is 0. The molecule has 1 aliphatic heterocycles. The minimum absolute atomic E-state index is 0.199. The van der Waals surface area contributed by atoms with Crippen molar-refractivity contribution in [2.45, 2.75) is 25.8 Å². The Morgan fingerprint density at radius 2 is 2.00 bits per heavy atom. The van der Waals surface area contributed by atoms with Crippen molar-refractivity contribution in [3.8, 4) is 11.3 Å². The van der Waals surface area contributed by atoms with Gasteiger partial charge in [0.15, 0.2) is 0 Å². The summed E-state index contributed by atoms with van der Waals surface area (Å²) >= 11 is 0. The van der Waals surface area contributed by atoms with E-state index in [0.29, 0.717) is 12.6 Å². The van der Waals surface area contributed by atoms with Gasteiger partial charge < -0.3 is 14.2 Å². The maximum Gasteiger partial charge on any atom is 0.409 e. The average Bonchev–Trinajstić information content (AvgIpc) is 3.06. The van der Waals surface area contributed by atoms with Gasteiger partial charge in [0, 0.05) is 19.1 Å². The van der Waals surface area contributed by atoms with Gasteiger partial charge in [0.05, 0.1) is 24.8 Å². The van der Waals surface area contributed by atoms with E-state index in [1.807, 2.05) is 37.6 Å². The number of hydrogen-bond acceptors (Lipinski definition) is 3. The minimum Gasteiger partial charge on any atom is -0.450 e. The molecule has 1 aliphatic rings. The minimum atomic E-state index is -0.199. The Labute approximate surface area is 130 Å². The van der Waals surface area contributed by atoms with Gasteiger partial charge in [-0.25, -0.2) is 9.78 Å². The first-order chi connectivity index (χ1) is 10.8. The Balaban J connectivity index is 1.70. The van der Waals surface area contributed by atoms with Crippen molar-refractivity contribution in [3.63, 3.8) is 0 Å². The first kappa shape index (κ1) is 14.6. The molecule has 22 heavy (non-hydrogen) atoms. The molecular formula is C17H21N3O2. The lowest BCUT2D eigenvalue weighted by atomic mass is 10.0. The van der Waals surface area contributed by atoms with Crippen LogP contribution in [0.4, 0.5) is 4.79 Å². The van der Waals surface area contributed by atoms with Crippen LogP contribution in [0.5, 0.6) is 0 Å². The third-order valence-electron chi connectivity index (χ3n) is 4.12. The van der Waals surface area contributed by atoms with Crippen molar-refractivity contribution in [2.75, 3.05) is 19.7 Å². The number of likely N-dealkylation sites (tertiary alicyclic amines) is 1. The molecule has 2 aromatic rings. The zero-order valence-electron chi connectivity index (χ0n) is 12.8. The highest BCUT2D eigenvalue weighted by Gasteiger charge is 2.25. The van der Waals surface area contributed by atoms with Crippen molar-refractivity contribution < 1.29 is 9.53 Å². The number of carbonyl (C=O) groups is 1. The molecule has 5 nitrogen and oxygen atoms in total. The Bertz CT molecular complexity index is 616. The number of hydrogen-bond donors (Lipinski definition) is 0. The van der Waals surface area contributed by atoms with Gasteiger partial charge in [-0.2, -0.15) is 0 Å². The highest BCUT2D eigenvalue weighted by Crippen LogP contribution is 2.28. The van der Waals surface area contributed by atoms with E-state index < -0.39 is 0 Å². The molecule has 1 aromatic carbocycles. The van der Waals surface area contributed by atoms with Gasteiger partial charge in [0.2, 0.25) is 0 Å². The second kappa shape index (κ2) is 6.64. The molecule has 0 radical (unpaired) electrons. The van der Waals surface area contributed by atoms with E-state index in [0.717, 1.165) is 31.6 Å². The van der Waals surface area contributed by atoms with Crippen molar-refractivity contribution in [2.24, 2.45) is 0 Å². The van der Waals surface area contributed by atoms with Crippen molar-refractivity contribution >= 4 is 6.09 Å². The number of carbonyl (C=O) groups excluding carboxylic acids is 1. The van der Waals surface area contributed by atoms with E-state index in [1.165, 1.54) is 5.56 Å². The molecule has 116 valence electrons. The lowest BCUT2D eigenvalue weighted by Crippen LogP contribution is -2.39. The zero-order valence-corrected chi connectivity index (χ0v) is 12.8. The topological polar surface area (TPSA) is 47.4 Å². The Morgan fingerprint density at radius 3 is 2.68 bits per heavy atom. The molecule has 0 bridgehead atoms. The molecular weight excluding hydrogens is 278 g/mol. The number of rotatable bonds is 3. The van der Waals surface area contributed by atoms with E-state index in [-0.39, 0.29) is 6.09 Å². The predicted octanol–water partition coefficient (Wildman–Crippen LogP) is 3.34. The van der Waals surface area contributed by atoms with Crippen LogP contribution in [0, 0.1) is 0 Å². The molecule has 2 heterocycles. The highest BCUT2D eigenvalue weighted by molar-refractivity contribution is 5.67. The number of ether oxygens (including phenoxy) is 1. The fourth-order valence-electron chi connectivity index (χ4n) is 2.97. The van der Waals surface area contributed by atoms with Crippen LogP contribution in [0.15, 0.2) is 42.9 Å². The van der Waals surface area contributed by atoms with Crippen molar-refractivity contribution in [1.29, 1.82) is 0 Å². The fourth-order valence-corrected chi connectivity index (χ4v) is 2.97. The van der Waals surface area contributed by atoms with E-state index in [2.05, 4.69) is 21.7 Å². The number of imidazole rings is 1. The first-order valence-electron chi connectivity index (χ1n) is 7.78. The molecule has 3 rings (SSSR count). The fraction of sp³-hybridized carbons (Fsp3) is 0.412. The normalized spacial score (nSPS) is 15.8. The summed E-state index contributed by atoms with van der Waals surface area (Å²) in [5.41, 5.74) is 2.31. The van der Waals surface area contributed by atoms with Gasteiger partial charge in [0.1, 0.15) is 0 Å². The van der Waals surface area contributed by atoms with E-state index >= 15 is 0 Å². The lowest BCUT2D eigenvalue weighted by molar-refractivity contribution is 0.0928. The number of benzene rings is 1. The third kappa shape index (κ3) is 2.98. The second-order valence-electron chi connectivity index (χ2n) is 5.47. The molecule has 1 aromatic heterocycles. The predicted molar refractivity (Wildman–Crippen MR) is 84.5 cm³/mol. The van der Waals surface area contributed by atoms with Crippen LogP contribution in [0.25, 0.3) is 11.3 Å². The van der Waals surface area contributed by atoms with Crippen LogP contribution in [0.2, 0.25) is 0 Å².